The summed E-state index contributed by atoms with van der Waals surface area (Å²) in [4.78, 5) is 9.64. The number of nitrogens with zero attached hydrogens (tertiary/aromatic N) is 1. The highest BCUT2D eigenvalue weighted by Gasteiger charge is 1.90. The zero-order chi connectivity index (χ0) is 10.5. The monoisotopic (exact) mass is 207 g/mol. The van der Waals surface area contributed by atoms with Crippen LogP contribution in [0, 0.1) is 4.91 Å². The Bertz CT molecular complexity index is 122. The molecule has 0 saturated carbocycles. The fraction of sp³-hybridized carbons (Fsp3) is 1.00. The molecule has 6 heteroatoms. The number of hydrogen-bond donors (Lipinski definition) is 1. The van der Waals surface area contributed by atoms with Crippen LogP contribution in [-0.2, 0) is 14.2 Å². The Morgan fingerprint density at radius 2 is 1.36 bits per heavy atom. The molecule has 0 unspecified atom stereocenters. The van der Waals surface area contributed by atoms with Crippen LogP contribution in [0.4, 0.5) is 0 Å². The Hall–Kier alpha value is -0.560. The predicted molar refractivity (Wildman–Crippen MR) is 50.2 cm³/mol. The molecule has 0 heterocycles. The van der Waals surface area contributed by atoms with Crippen molar-refractivity contribution in [3.8, 4) is 0 Å². The van der Waals surface area contributed by atoms with Crippen molar-refractivity contribution in [1.29, 1.82) is 0 Å². The molecule has 0 aromatic carbocycles. The van der Waals surface area contributed by atoms with Gasteiger partial charge in [-0.3, -0.25) is 0 Å². The van der Waals surface area contributed by atoms with Gasteiger partial charge in [0.25, 0.3) is 0 Å². The maximum atomic E-state index is 9.64. The van der Waals surface area contributed by atoms with E-state index in [1.165, 1.54) is 0 Å². The van der Waals surface area contributed by atoms with Crippen molar-refractivity contribution in [3.63, 3.8) is 0 Å². The molecule has 0 bridgehead atoms. The number of nitroso groups, excluding NO2 is 1. The van der Waals surface area contributed by atoms with Gasteiger partial charge in [-0.2, -0.15) is 4.91 Å². The van der Waals surface area contributed by atoms with E-state index in [2.05, 4.69) is 5.18 Å². The van der Waals surface area contributed by atoms with Gasteiger partial charge in [0.05, 0.1) is 46.2 Å². The molecule has 14 heavy (non-hydrogen) atoms. The van der Waals surface area contributed by atoms with Gasteiger partial charge < -0.3 is 19.3 Å². The molecule has 0 atom stereocenters. The smallest absolute Gasteiger partial charge is 0.104 e. The molecule has 0 aromatic heterocycles. The lowest BCUT2D eigenvalue weighted by atomic mass is 10.7. The molecule has 0 saturated heterocycles. The van der Waals surface area contributed by atoms with E-state index in [0.29, 0.717) is 39.6 Å². The van der Waals surface area contributed by atoms with E-state index < -0.39 is 0 Å². The molecular weight excluding hydrogens is 190 g/mol. The summed E-state index contributed by atoms with van der Waals surface area (Å²) in [5.74, 6) is 0. The summed E-state index contributed by atoms with van der Waals surface area (Å²) in [5.41, 5.74) is 0. The van der Waals surface area contributed by atoms with Crippen molar-refractivity contribution >= 4 is 0 Å². The zero-order valence-electron chi connectivity index (χ0n) is 8.18. The molecule has 0 radical (unpaired) electrons. The van der Waals surface area contributed by atoms with Gasteiger partial charge in [-0.05, 0) is 0 Å². The molecule has 84 valence electrons. The lowest BCUT2D eigenvalue weighted by Gasteiger charge is -2.04. The molecule has 0 amide bonds. The van der Waals surface area contributed by atoms with Gasteiger partial charge >= 0.3 is 0 Å². The van der Waals surface area contributed by atoms with Crippen LogP contribution in [0.5, 0.6) is 0 Å². The number of aliphatic hydroxyl groups excluding tert-OH is 1. The maximum absolute atomic E-state index is 9.64. The van der Waals surface area contributed by atoms with Crippen LogP contribution in [0.2, 0.25) is 0 Å². The van der Waals surface area contributed by atoms with Gasteiger partial charge in [-0.1, -0.05) is 5.18 Å². The second-order valence-corrected chi connectivity index (χ2v) is 2.41. The Labute approximate surface area is 83.1 Å². The first-order valence-electron chi connectivity index (χ1n) is 4.55. The van der Waals surface area contributed by atoms with Crippen molar-refractivity contribution in [2.24, 2.45) is 5.18 Å². The fourth-order valence-electron chi connectivity index (χ4n) is 0.708. The zero-order valence-corrected chi connectivity index (χ0v) is 8.18. The number of rotatable bonds is 11. The Morgan fingerprint density at radius 1 is 0.857 bits per heavy atom. The second kappa shape index (κ2) is 12.4. The summed E-state index contributed by atoms with van der Waals surface area (Å²) >= 11 is 0. The van der Waals surface area contributed by atoms with Gasteiger partial charge in [0.2, 0.25) is 0 Å². The van der Waals surface area contributed by atoms with E-state index in [-0.39, 0.29) is 13.2 Å². The van der Waals surface area contributed by atoms with Crippen LogP contribution in [0.1, 0.15) is 0 Å². The summed E-state index contributed by atoms with van der Waals surface area (Å²) in [6.45, 7) is 2.77. The minimum Gasteiger partial charge on any atom is -0.394 e. The first-order chi connectivity index (χ1) is 6.91. The fourth-order valence-corrected chi connectivity index (χ4v) is 0.708. The molecule has 0 fully saturated rings. The van der Waals surface area contributed by atoms with E-state index in [1.807, 2.05) is 0 Å². The molecule has 0 spiro atoms. The van der Waals surface area contributed by atoms with Crippen molar-refractivity contribution < 1.29 is 19.3 Å². The van der Waals surface area contributed by atoms with Crippen LogP contribution in [0.3, 0.4) is 0 Å². The minimum absolute atomic E-state index is 0.0296. The highest BCUT2D eigenvalue weighted by atomic mass is 16.5. The second-order valence-electron chi connectivity index (χ2n) is 2.41. The normalized spacial score (nSPS) is 10.4. The molecular formula is C8H17NO5. The molecule has 6 nitrogen and oxygen atoms in total. The van der Waals surface area contributed by atoms with E-state index in [9.17, 15) is 4.91 Å². The summed E-state index contributed by atoms with van der Waals surface area (Å²) in [6.07, 6.45) is 0. The van der Waals surface area contributed by atoms with E-state index in [4.69, 9.17) is 19.3 Å². The third-order valence-corrected chi connectivity index (χ3v) is 1.31. The summed E-state index contributed by atoms with van der Waals surface area (Å²) in [6, 6.07) is 0. The van der Waals surface area contributed by atoms with Crippen LogP contribution in [0.25, 0.3) is 0 Å². The summed E-state index contributed by atoms with van der Waals surface area (Å²) in [7, 11) is 0. The van der Waals surface area contributed by atoms with Crippen molar-refractivity contribution in [2.45, 2.75) is 0 Å². The van der Waals surface area contributed by atoms with Gasteiger partial charge in [0, 0.05) is 0 Å². The molecule has 0 rings (SSSR count). The molecule has 0 aliphatic rings. The van der Waals surface area contributed by atoms with Crippen LogP contribution >= 0.6 is 0 Å². The lowest BCUT2D eigenvalue weighted by Crippen LogP contribution is -2.11. The van der Waals surface area contributed by atoms with Gasteiger partial charge in [-0.25, -0.2) is 0 Å². The number of aliphatic hydroxyl groups is 1. The summed E-state index contributed by atoms with van der Waals surface area (Å²) in [5, 5.41) is 11.0. The average Bonchev–Trinajstić information content (AvgIpc) is 2.21. The van der Waals surface area contributed by atoms with Crippen LogP contribution < -0.4 is 0 Å². The Morgan fingerprint density at radius 3 is 1.86 bits per heavy atom. The van der Waals surface area contributed by atoms with Gasteiger partial charge in [0.15, 0.2) is 0 Å². The molecule has 1 N–H and O–H groups in total. The Kier molecular flexibility index (Phi) is 11.9. The third kappa shape index (κ3) is 11.4. The largest absolute Gasteiger partial charge is 0.394 e. The quantitative estimate of drug-likeness (QED) is 0.375. The van der Waals surface area contributed by atoms with Crippen molar-refractivity contribution in [2.75, 3.05) is 52.8 Å². The third-order valence-electron chi connectivity index (χ3n) is 1.31. The SMILES string of the molecule is O=NCCOCCOCCOCCO. The Balaban J connectivity index is 2.81. The van der Waals surface area contributed by atoms with E-state index in [1.54, 1.807) is 0 Å². The molecule has 0 aliphatic carbocycles. The molecule has 0 aliphatic heterocycles. The van der Waals surface area contributed by atoms with Crippen LogP contribution in [0.15, 0.2) is 5.18 Å². The van der Waals surface area contributed by atoms with Crippen molar-refractivity contribution in [1.82, 2.24) is 0 Å². The molecule has 0 aromatic rings. The van der Waals surface area contributed by atoms with E-state index in [0.717, 1.165) is 0 Å². The first-order valence-corrected chi connectivity index (χ1v) is 4.55. The average molecular weight is 207 g/mol. The van der Waals surface area contributed by atoms with Gasteiger partial charge in [0.1, 0.15) is 6.54 Å². The topological polar surface area (TPSA) is 77.4 Å². The standard InChI is InChI=1S/C8H17NO5/c10-2-4-13-6-8-14-7-5-12-3-1-9-11/h10H,1-8H2. The van der Waals surface area contributed by atoms with Gasteiger partial charge in [-0.15, -0.1) is 0 Å². The highest BCUT2D eigenvalue weighted by Crippen LogP contribution is 1.81. The van der Waals surface area contributed by atoms with Crippen LogP contribution in [-0.4, -0.2) is 57.9 Å². The summed E-state index contributed by atoms with van der Waals surface area (Å²) < 4.78 is 15.1. The van der Waals surface area contributed by atoms with E-state index >= 15 is 0 Å². The lowest BCUT2D eigenvalue weighted by molar-refractivity contribution is 0.00890. The highest BCUT2D eigenvalue weighted by molar-refractivity contribution is 4.38. The maximum Gasteiger partial charge on any atom is 0.104 e. The first kappa shape index (κ1) is 13.4. The predicted octanol–water partition coefficient (Wildman–Crippen LogP) is -0.205. The number of ether oxygens (including phenoxy) is 3. The number of hydrogen-bond acceptors (Lipinski definition) is 6. The van der Waals surface area contributed by atoms with Crippen molar-refractivity contribution in [3.05, 3.63) is 4.91 Å². The minimum atomic E-state index is 0.0296.